The highest BCUT2D eigenvalue weighted by Crippen LogP contribution is 2.37. The fourth-order valence-corrected chi connectivity index (χ4v) is 2.98. The lowest BCUT2D eigenvalue weighted by Gasteiger charge is -2.13. The summed E-state index contributed by atoms with van der Waals surface area (Å²) in [5.41, 5.74) is 3.62. The van der Waals surface area contributed by atoms with E-state index in [0.29, 0.717) is 0 Å². The van der Waals surface area contributed by atoms with Crippen molar-refractivity contribution in [2.45, 2.75) is 44.9 Å². The van der Waals surface area contributed by atoms with Gasteiger partial charge in [0.1, 0.15) is 10.0 Å². The highest BCUT2D eigenvalue weighted by molar-refractivity contribution is 6.46. The first-order valence-electron chi connectivity index (χ1n) is 7.10. The number of anilines is 1. The summed E-state index contributed by atoms with van der Waals surface area (Å²) in [6, 6.07) is 0. The Hall–Kier alpha value is -1.04. The number of hydrogen-bond acceptors (Lipinski definition) is 4. The van der Waals surface area contributed by atoms with Gasteiger partial charge in [-0.05, 0) is 25.7 Å². The fourth-order valence-electron chi connectivity index (χ4n) is 2.31. The Labute approximate surface area is 143 Å². The van der Waals surface area contributed by atoms with E-state index in [1.54, 1.807) is 0 Å². The van der Waals surface area contributed by atoms with Gasteiger partial charge in [-0.3, -0.25) is 5.43 Å². The van der Waals surface area contributed by atoms with Crippen LogP contribution in [0.25, 0.3) is 0 Å². The molecule has 0 aliphatic heterocycles. The molecule has 1 aliphatic rings. The van der Waals surface area contributed by atoms with Crippen LogP contribution in [0.2, 0.25) is 15.2 Å². The third-order valence-electron chi connectivity index (χ3n) is 3.50. The number of carbonyl (C=O) groups is 1. The molecule has 120 valence electrons. The number of carboxylic acids is 1. The van der Waals surface area contributed by atoms with Crippen LogP contribution in [0.5, 0.6) is 0 Å². The number of nitrogens with one attached hydrogen (secondary N) is 1. The minimum absolute atomic E-state index is 0.0619. The molecule has 0 bridgehead atoms. The standard InChI is InChI=1S/C14H16Cl3N3O2/c15-9-11(10(16)13(17)18-12(9)14(21)22)20-19-8-6-4-2-1-3-5-7-8/h1-7H2,(H,18,20)(H,21,22). The second kappa shape index (κ2) is 7.99. The Balaban J connectivity index is 2.26. The van der Waals surface area contributed by atoms with Crippen LogP contribution in [-0.2, 0) is 0 Å². The number of nitrogens with zero attached hydrogens (tertiary/aromatic N) is 2. The normalized spacial score (nSPS) is 15.9. The van der Waals surface area contributed by atoms with E-state index < -0.39 is 5.97 Å². The van der Waals surface area contributed by atoms with Crippen LogP contribution in [0.4, 0.5) is 5.69 Å². The molecule has 0 aromatic carbocycles. The Kier molecular flexibility index (Phi) is 6.29. The summed E-state index contributed by atoms with van der Waals surface area (Å²) < 4.78 is 0. The van der Waals surface area contributed by atoms with Gasteiger partial charge in [0.05, 0.1) is 5.69 Å². The van der Waals surface area contributed by atoms with E-state index in [4.69, 9.17) is 39.9 Å². The van der Waals surface area contributed by atoms with Crippen LogP contribution in [0, 0.1) is 0 Å². The van der Waals surface area contributed by atoms with Crippen molar-refractivity contribution >= 4 is 52.2 Å². The zero-order valence-electron chi connectivity index (χ0n) is 11.8. The molecule has 0 unspecified atom stereocenters. The molecule has 1 saturated carbocycles. The third kappa shape index (κ3) is 4.24. The number of aromatic carboxylic acids is 1. The van der Waals surface area contributed by atoms with Crippen LogP contribution in [0.15, 0.2) is 5.10 Å². The summed E-state index contributed by atoms with van der Waals surface area (Å²) in [5, 5.41) is 13.3. The molecule has 0 saturated heterocycles. The molecule has 1 heterocycles. The predicted molar refractivity (Wildman–Crippen MR) is 89.6 cm³/mol. The molecule has 0 radical (unpaired) electrons. The van der Waals surface area contributed by atoms with E-state index in [0.717, 1.165) is 31.4 Å². The van der Waals surface area contributed by atoms with Gasteiger partial charge < -0.3 is 5.11 Å². The summed E-state index contributed by atoms with van der Waals surface area (Å²) >= 11 is 17.9. The van der Waals surface area contributed by atoms with Gasteiger partial charge in [0.2, 0.25) is 0 Å². The minimum atomic E-state index is -1.27. The van der Waals surface area contributed by atoms with Gasteiger partial charge in [0.15, 0.2) is 10.8 Å². The van der Waals surface area contributed by atoms with Gasteiger partial charge in [-0.15, -0.1) is 0 Å². The van der Waals surface area contributed by atoms with E-state index in [2.05, 4.69) is 15.5 Å². The maximum Gasteiger partial charge on any atom is 0.356 e. The first-order chi connectivity index (χ1) is 10.5. The van der Waals surface area contributed by atoms with Crippen molar-refractivity contribution in [3.8, 4) is 0 Å². The van der Waals surface area contributed by atoms with Crippen LogP contribution >= 0.6 is 34.8 Å². The van der Waals surface area contributed by atoms with Crippen molar-refractivity contribution in [1.29, 1.82) is 0 Å². The average molecular weight is 365 g/mol. The second-order valence-corrected chi connectivity index (χ2v) is 6.23. The largest absolute Gasteiger partial charge is 0.476 e. The number of hydrogen-bond donors (Lipinski definition) is 2. The summed E-state index contributed by atoms with van der Waals surface area (Å²) in [6.07, 6.45) is 7.68. The molecule has 0 spiro atoms. The molecule has 0 atom stereocenters. The lowest BCUT2D eigenvalue weighted by atomic mass is 9.99. The van der Waals surface area contributed by atoms with Crippen LogP contribution < -0.4 is 5.43 Å². The van der Waals surface area contributed by atoms with E-state index in [1.807, 2.05) is 0 Å². The zero-order chi connectivity index (χ0) is 16.1. The van der Waals surface area contributed by atoms with Crippen molar-refractivity contribution in [2.75, 3.05) is 5.43 Å². The lowest BCUT2D eigenvalue weighted by Crippen LogP contribution is -2.08. The number of aromatic nitrogens is 1. The second-order valence-electron chi connectivity index (χ2n) is 5.12. The van der Waals surface area contributed by atoms with Gasteiger partial charge in [-0.1, -0.05) is 54.1 Å². The van der Waals surface area contributed by atoms with E-state index in [-0.39, 0.29) is 26.6 Å². The molecule has 2 N–H and O–H groups in total. The number of halogens is 3. The molecule has 5 nitrogen and oxygen atoms in total. The SMILES string of the molecule is O=C(O)c1nc(Cl)c(Cl)c(NN=C2CCCCCCC2)c1Cl. The van der Waals surface area contributed by atoms with Crippen molar-refractivity contribution in [2.24, 2.45) is 5.10 Å². The fraction of sp³-hybridized carbons (Fsp3) is 0.500. The van der Waals surface area contributed by atoms with Crippen LogP contribution in [-0.4, -0.2) is 21.8 Å². The first kappa shape index (κ1) is 17.3. The Bertz CT molecular complexity index is 595. The molecule has 1 aliphatic carbocycles. The molecular weight excluding hydrogens is 349 g/mol. The van der Waals surface area contributed by atoms with Gasteiger partial charge >= 0.3 is 5.97 Å². The lowest BCUT2D eigenvalue weighted by molar-refractivity contribution is 0.0691. The molecule has 22 heavy (non-hydrogen) atoms. The number of hydrazone groups is 1. The molecule has 2 rings (SSSR count). The maximum atomic E-state index is 11.1. The maximum absolute atomic E-state index is 11.1. The zero-order valence-corrected chi connectivity index (χ0v) is 14.1. The smallest absolute Gasteiger partial charge is 0.356 e. The van der Waals surface area contributed by atoms with E-state index >= 15 is 0 Å². The Morgan fingerprint density at radius 2 is 1.64 bits per heavy atom. The third-order valence-corrected chi connectivity index (χ3v) is 4.60. The highest BCUT2D eigenvalue weighted by Gasteiger charge is 2.20. The van der Waals surface area contributed by atoms with Gasteiger partial charge in [-0.2, -0.15) is 5.10 Å². The van der Waals surface area contributed by atoms with Crippen molar-refractivity contribution < 1.29 is 9.90 Å². The number of pyridine rings is 1. The Morgan fingerprint density at radius 1 is 1.05 bits per heavy atom. The quantitative estimate of drug-likeness (QED) is 0.567. The summed E-state index contributed by atoms with van der Waals surface area (Å²) in [7, 11) is 0. The minimum Gasteiger partial charge on any atom is -0.476 e. The molecule has 1 aromatic rings. The molecular formula is C14H16Cl3N3O2. The number of rotatable bonds is 3. The van der Waals surface area contributed by atoms with Gasteiger partial charge in [0.25, 0.3) is 0 Å². The van der Waals surface area contributed by atoms with Gasteiger partial charge in [-0.25, -0.2) is 9.78 Å². The topological polar surface area (TPSA) is 74.6 Å². The monoisotopic (exact) mass is 363 g/mol. The average Bonchev–Trinajstić information content (AvgIpc) is 2.44. The van der Waals surface area contributed by atoms with Crippen LogP contribution in [0.3, 0.4) is 0 Å². The number of carboxylic acid groups (broad SMARTS) is 1. The van der Waals surface area contributed by atoms with Crippen molar-refractivity contribution in [3.05, 3.63) is 20.9 Å². The van der Waals surface area contributed by atoms with Gasteiger partial charge in [0, 0.05) is 5.71 Å². The van der Waals surface area contributed by atoms with E-state index in [9.17, 15) is 4.79 Å². The highest BCUT2D eigenvalue weighted by atomic mass is 35.5. The molecule has 8 heteroatoms. The summed E-state index contributed by atoms with van der Waals surface area (Å²) in [5.74, 6) is -1.27. The van der Waals surface area contributed by atoms with Crippen LogP contribution in [0.1, 0.15) is 55.4 Å². The predicted octanol–water partition coefficient (Wildman–Crippen LogP) is 5.25. The first-order valence-corrected chi connectivity index (χ1v) is 8.23. The molecule has 1 fully saturated rings. The van der Waals surface area contributed by atoms with Crippen molar-refractivity contribution in [3.63, 3.8) is 0 Å². The summed E-state index contributed by atoms with van der Waals surface area (Å²) in [4.78, 5) is 14.8. The molecule has 0 amide bonds. The Morgan fingerprint density at radius 3 is 2.23 bits per heavy atom. The van der Waals surface area contributed by atoms with Crippen molar-refractivity contribution in [1.82, 2.24) is 4.98 Å². The van der Waals surface area contributed by atoms with E-state index in [1.165, 1.54) is 19.3 Å². The molecule has 1 aromatic heterocycles. The summed E-state index contributed by atoms with van der Waals surface area (Å²) in [6.45, 7) is 0.